The minimum absolute atomic E-state index is 0.0488. The summed E-state index contributed by atoms with van der Waals surface area (Å²) in [6.07, 6.45) is -0.155. The Morgan fingerprint density at radius 1 is 0.461 bits per heavy atom. The van der Waals surface area contributed by atoms with Crippen molar-refractivity contribution >= 4 is 231 Å². The highest BCUT2D eigenvalue weighted by atomic mass is 79.9. The van der Waals surface area contributed by atoms with Crippen LogP contribution in [0.25, 0.3) is 0 Å². The number of ether oxygens (including phenoxy) is 5. The summed E-state index contributed by atoms with van der Waals surface area (Å²) in [6.45, 7) is 0.0647. The number of aliphatic hydroxyl groups excluding tert-OH is 2. The lowest BCUT2D eigenvalue weighted by molar-refractivity contribution is -0.115. The van der Waals surface area contributed by atoms with Gasteiger partial charge in [-0.05, 0) is 151 Å². The highest BCUT2D eigenvalue weighted by molar-refractivity contribution is 9.11. The summed E-state index contributed by atoms with van der Waals surface area (Å²) in [5.41, 5.74) is 23.9. The summed E-state index contributed by atoms with van der Waals surface area (Å²) in [5.74, 6) is -2.81. The lowest BCUT2D eigenvalue weighted by Gasteiger charge is -2.19. The van der Waals surface area contributed by atoms with E-state index in [9.17, 15) is 62.3 Å². The first-order chi connectivity index (χ1) is 61.5. The van der Waals surface area contributed by atoms with Crippen LogP contribution in [0.5, 0.6) is 0 Å². The molecule has 1 saturated heterocycles. The second-order valence-electron chi connectivity index (χ2n) is 25.9. The molecule has 32 nitrogen and oxygen atoms in total. The van der Waals surface area contributed by atoms with Crippen LogP contribution in [0.2, 0.25) is 0 Å². The number of carbonyl (C=O) groups excluding carboxylic acids is 13. The summed E-state index contributed by atoms with van der Waals surface area (Å²) in [7, 11) is 6.59. The molecule has 0 spiro atoms. The second kappa shape index (κ2) is 48.9. The van der Waals surface area contributed by atoms with Crippen LogP contribution in [0.1, 0.15) is 144 Å². The van der Waals surface area contributed by atoms with Crippen molar-refractivity contribution in [3.05, 3.63) is 294 Å². The number of thioether (sulfide) groups is 2. The number of nitrogen functional groups attached to an aromatic ring is 1. The largest absolute Gasteiger partial charge is 0.465 e. The van der Waals surface area contributed by atoms with Gasteiger partial charge in [-0.1, -0.05) is 72.8 Å². The molecule has 2 atom stereocenters. The number of hydrogen-bond donors (Lipinski definition) is 10. The minimum Gasteiger partial charge on any atom is -0.465 e. The number of hydrogen-bond acceptors (Lipinski definition) is 34. The number of rotatable bonds is 17. The lowest BCUT2D eigenvalue weighted by Crippen LogP contribution is -2.22. The number of anilines is 5. The number of ketones is 3. The molecule has 11 aromatic rings. The Hall–Kier alpha value is -12.7. The molecule has 0 radical (unpaired) electrons. The van der Waals surface area contributed by atoms with E-state index in [2.05, 4.69) is 91.8 Å². The van der Waals surface area contributed by atoms with Gasteiger partial charge in [0.25, 0.3) is 5.91 Å². The zero-order valence-corrected chi connectivity index (χ0v) is 76.7. The van der Waals surface area contributed by atoms with Crippen molar-refractivity contribution in [2.45, 2.75) is 17.3 Å². The van der Waals surface area contributed by atoms with Gasteiger partial charge in [-0.2, -0.15) is 5.26 Å². The van der Waals surface area contributed by atoms with Gasteiger partial charge in [0, 0.05) is 67.1 Å². The molecule has 6 aromatic carbocycles. The summed E-state index contributed by atoms with van der Waals surface area (Å²) in [5, 5.41) is 54.4. The molecule has 12 N–H and O–H groups in total. The van der Waals surface area contributed by atoms with Gasteiger partial charge in [-0.25, -0.2) is 29.5 Å². The van der Waals surface area contributed by atoms with Crippen LogP contribution in [0, 0.1) is 11.3 Å². The molecule has 2 unspecified atom stereocenters. The maximum atomic E-state index is 12.5. The Balaban J connectivity index is 0.000000171. The van der Waals surface area contributed by atoms with Crippen LogP contribution >= 0.6 is 112 Å². The number of benzene rings is 6. The molecule has 5 amide bonds. The third-order valence-electron chi connectivity index (χ3n) is 17.6. The van der Waals surface area contributed by atoms with E-state index in [0.717, 1.165) is 67.4 Å². The Kier molecular flexibility index (Phi) is 37.8. The summed E-state index contributed by atoms with van der Waals surface area (Å²) < 4.78 is 24.9. The predicted molar refractivity (Wildman–Crippen MR) is 499 cm³/mol. The fourth-order valence-corrected chi connectivity index (χ4v) is 18.6. The van der Waals surface area contributed by atoms with E-state index in [4.69, 9.17) is 32.1 Å². The highest BCUT2D eigenvalue weighted by Crippen LogP contribution is 2.38. The molecule has 0 saturated carbocycles. The number of nitrogens with one attached hydrogen (secondary N) is 5. The SMILES string of the molecule is COC(=O)c1ccc(C(=O)CC#N)cc1.COC(=O)c1ccc(C(=O)c2ccsc2N)cc1.COC(=O)c1ccc(C(=O)c2ccsc2NC(=O)CN)cc1.COC(=O)c1ccc(C2=NCC(=O)Nc3sc(Br)cc32)cc1.COC(=O)c1ccc(C2=NCC(=O)Nc3sccc32)cc1.O=C1CN=C(c2ccc(C(=O)NO)cc2)c2cc(Br)sc2N1.OC1CSC(O)CS1. The minimum atomic E-state index is -0.579. The number of methoxy groups -OCH3 is 5. The number of nitrogens with zero attached hydrogens (tertiary/aromatic N) is 4. The topological polar surface area (TPSA) is 502 Å². The van der Waals surface area contributed by atoms with E-state index in [1.165, 1.54) is 152 Å². The summed E-state index contributed by atoms with van der Waals surface area (Å²) in [4.78, 5) is 163. The molecule has 41 heteroatoms. The molecule has 0 aliphatic carbocycles. The first-order valence-corrected chi connectivity index (χ1v) is 45.2. The number of nitriles is 1. The standard InChI is InChI=1S/C15H11BrN2O3S.C15H14N2O4S.C15H12N2O3S.C14H10BrN3O3S.C13H11NO3S.C11H9NO3.C4H8O2S2/c1-21-15(20)9-4-2-8(3-5-9)13-10-6-11(16)22-14(10)18-12(19)7-17-13;1-21-15(20)10-4-2-9(3-5-10)13(19)11-6-7-22-14(11)17-12(18)8-16;1-20-15(19)10-4-2-9(3-5-10)13-11-6-7-21-14(11)17-12(18)8-16-13;15-10-5-9-12(16-6-11(19)17-14(9)22-10)7-1-3-8(4-2-7)13(20)18-21;1-17-13(16)9-4-2-8(3-5-9)11(15)10-6-7-18-12(10)14;1-15-11(14)9-4-2-8(3-5-9)10(13)6-7-12;5-3-1-7-4(6)2-8-3/h2-6H,7H2,1H3,(H,18,19);2-7H,8,16H2,1H3,(H,17,18);2-7H,8H2,1H3,(H,17,18);1-5,21H,6H2,(H,17,19)(H,18,20);2-7H,14H2,1H3;2-5H,6H2,1H3;3-6H,1-2H2. The lowest BCUT2D eigenvalue weighted by atomic mass is 10.0. The van der Waals surface area contributed by atoms with Crippen LogP contribution in [0.3, 0.4) is 0 Å². The van der Waals surface area contributed by atoms with Gasteiger partial charge in [0.2, 0.25) is 23.6 Å². The smallest absolute Gasteiger partial charge is 0.337 e. The van der Waals surface area contributed by atoms with Crippen molar-refractivity contribution in [1.82, 2.24) is 5.48 Å². The fraction of sp³-hybridized carbons (Fsp3) is 0.161. The van der Waals surface area contributed by atoms with Gasteiger partial charge in [-0.15, -0.1) is 80.2 Å². The van der Waals surface area contributed by atoms with Crippen molar-refractivity contribution in [2.75, 3.05) is 100 Å². The predicted octanol–water partition coefficient (Wildman–Crippen LogP) is 13.5. The Morgan fingerprint density at radius 3 is 1.16 bits per heavy atom. The van der Waals surface area contributed by atoms with E-state index in [1.54, 1.807) is 132 Å². The van der Waals surface area contributed by atoms with Crippen LogP contribution in [-0.4, -0.2) is 193 Å². The number of Topliss-reactive ketones (excluding diaryl/α,β-unsaturated/α-hetero) is 1. The number of aliphatic imine (C=N–C) groups is 3. The first kappa shape index (κ1) is 99.1. The van der Waals surface area contributed by atoms with Crippen LogP contribution in [0.4, 0.5) is 25.0 Å². The molecular formula is C87H75Br2N11O21S7. The van der Waals surface area contributed by atoms with Gasteiger partial charge in [0.15, 0.2) is 17.3 Å². The quantitative estimate of drug-likeness (QED) is 0.0133. The molecule has 128 heavy (non-hydrogen) atoms. The number of esters is 5. The fourth-order valence-electron chi connectivity index (χ4n) is 11.3. The van der Waals surface area contributed by atoms with E-state index < -0.39 is 23.8 Å². The van der Waals surface area contributed by atoms with Crippen LogP contribution in [0.15, 0.2) is 215 Å². The molecule has 0 bridgehead atoms. The molecule has 4 aliphatic rings. The van der Waals surface area contributed by atoms with Crippen molar-refractivity contribution < 1.29 is 101 Å². The van der Waals surface area contributed by atoms with Gasteiger partial charge in [0.1, 0.15) is 50.5 Å². The van der Waals surface area contributed by atoms with E-state index in [-0.39, 0.29) is 96.4 Å². The molecule has 660 valence electrons. The van der Waals surface area contributed by atoms with Crippen molar-refractivity contribution in [3.63, 3.8) is 0 Å². The monoisotopic (exact) mass is 1990 g/mol. The number of carbonyl (C=O) groups is 13. The highest BCUT2D eigenvalue weighted by Gasteiger charge is 2.26. The number of amides is 5. The Labute approximate surface area is 775 Å². The number of aliphatic hydroxyl groups is 2. The summed E-state index contributed by atoms with van der Waals surface area (Å²) >= 11 is 16.6. The van der Waals surface area contributed by atoms with Crippen LogP contribution < -0.4 is 38.2 Å². The number of thiophene rings is 5. The van der Waals surface area contributed by atoms with Crippen molar-refractivity contribution in [2.24, 2.45) is 20.7 Å². The number of halogens is 2. The molecule has 15 rings (SSSR count). The molecule has 5 aromatic heterocycles. The zero-order valence-electron chi connectivity index (χ0n) is 67.8. The zero-order chi connectivity index (χ0) is 92.7. The third-order valence-corrected chi connectivity index (χ3v) is 25.6. The molecule has 4 aliphatic heterocycles. The normalized spacial score (nSPS) is 13.7. The van der Waals surface area contributed by atoms with E-state index in [0.29, 0.717) is 88.4 Å². The average molecular weight is 1990 g/mol. The van der Waals surface area contributed by atoms with Gasteiger partial charge < -0.3 is 66.6 Å². The van der Waals surface area contributed by atoms with Gasteiger partial charge in [0.05, 0.1) is 123 Å². The molecule has 9 heterocycles. The number of nitrogens with two attached hydrogens (primary N) is 2. The molecular weight excluding hydrogens is 1920 g/mol. The first-order valence-electron chi connectivity index (χ1n) is 37.2. The van der Waals surface area contributed by atoms with Crippen molar-refractivity contribution in [3.8, 4) is 6.07 Å². The van der Waals surface area contributed by atoms with E-state index in [1.807, 2.05) is 35.7 Å². The third kappa shape index (κ3) is 27.7. The Morgan fingerprint density at radius 2 is 0.797 bits per heavy atom. The number of fused-ring (bicyclic) bond motifs is 3. The van der Waals surface area contributed by atoms with Crippen LogP contribution in [-0.2, 0) is 42.9 Å². The van der Waals surface area contributed by atoms with Gasteiger partial charge >= 0.3 is 29.8 Å². The second-order valence-corrected chi connectivity index (χ2v) is 35.9. The van der Waals surface area contributed by atoms with Crippen molar-refractivity contribution in [1.29, 1.82) is 5.26 Å². The summed E-state index contributed by atoms with van der Waals surface area (Å²) in [6, 6.07) is 49.9. The maximum Gasteiger partial charge on any atom is 0.337 e. The number of hydroxylamine groups is 1. The maximum absolute atomic E-state index is 12.5. The molecule has 1 fully saturated rings. The van der Waals surface area contributed by atoms with E-state index >= 15 is 0 Å². The average Bonchev–Trinajstić information content (AvgIpc) is 1.69. The Bertz CT molecular complexity index is 5890. The van der Waals surface area contributed by atoms with Gasteiger partial charge in [-0.3, -0.25) is 58.5 Å².